The second-order valence-electron chi connectivity index (χ2n) is 5.81. The van der Waals surface area contributed by atoms with Crippen molar-refractivity contribution in [3.8, 4) is 0 Å². The maximum atomic E-state index is 11.4. The van der Waals surface area contributed by atoms with Crippen LogP contribution in [0.3, 0.4) is 0 Å². The molecule has 1 spiro atoms. The van der Waals surface area contributed by atoms with Gasteiger partial charge < -0.3 is 19.6 Å². The van der Waals surface area contributed by atoms with E-state index in [2.05, 4.69) is 0 Å². The molecule has 1 heterocycles. The lowest BCUT2D eigenvalue weighted by Crippen LogP contribution is -2.36. The van der Waals surface area contributed by atoms with Crippen molar-refractivity contribution in [3.63, 3.8) is 0 Å². The molecule has 9 heteroatoms. The van der Waals surface area contributed by atoms with Crippen LogP contribution >= 0.6 is 15.2 Å². The van der Waals surface area contributed by atoms with Gasteiger partial charge >= 0.3 is 15.2 Å². The van der Waals surface area contributed by atoms with Crippen molar-refractivity contribution >= 4 is 15.2 Å². The first kappa shape index (κ1) is 15.6. The number of likely N-dealkylation sites (tertiary alicyclic amines) is 1. The summed E-state index contributed by atoms with van der Waals surface area (Å²) in [5, 5.41) is 0. The van der Waals surface area contributed by atoms with Gasteiger partial charge in [0.05, 0.1) is 0 Å². The first-order valence-corrected chi connectivity index (χ1v) is 9.85. The van der Waals surface area contributed by atoms with Gasteiger partial charge in [-0.1, -0.05) is 19.3 Å². The van der Waals surface area contributed by atoms with E-state index in [0.29, 0.717) is 13.1 Å². The van der Waals surface area contributed by atoms with Crippen LogP contribution in [0.1, 0.15) is 38.5 Å². The van der Waals surface area contributed by atoms with Gasteiger partial charge in [0.1, 0.15) is 0 Å². The Labute approximate surface area is 112 Å². The van der Waals surface area contributed by atoms with Crippen molar-refractivity contribution in [1.29, 1.82) is 0 Å². The largest absolute Gasteiger partial charge is 0.354 e. The standard InChI is InChI=1S/C10H21NO6P2/c12-18(13,14)9(19(15,16)17)11-7-6-10(8-11)4-2-1-3-5-10/h9H,1-8H2,(H2,12,13,14)(H2,15,16,17). The zero-order valence-electron chi connectivity index (χ0n) is 10.7. The lowest BCUT2D eigenvalue weighted by Gasteiger charge is -2.35. The van der Waals surface area contributed by atoms with Gasteiger partial charge in [0.15, 0.2) is 0 Å². The van der Waals surface area contributed by atoms with Crippen LogP contribution in [0.4, 0.5) is 0 Å². The fourth-order valence-corrected chi connectivity index (χ4v) is 6.31. The van der Waals surface area contributed by atoms with Crippen molar-refractivity contribution in [2.24, 2.45) is 5.41 Å². The van der Waals surface area contributed by atoms with E-state index in [4.69, 9.17) is 0 Å². The van der Waals surface area contributed by atoms with Crippen molar-refractivity contribution in [1.82, 2.24) is 4.90 Å². The summed E-state index contributed by atoms with van der Waals surface area (Å²) in [4.78, 5) is 38.3. The Kier molecular flexibility index (Phi) is 4.30. The summed E-state index contributed by atoms with van der Waals surface area (Å²) in [5.74, 6) is 0. The molecule has 0 atom stereocenters. The molecule has 112 valence electrons. The van der Waals surface area contributed by atoms with E-state index in [1.54, 1.807) is 0 Å². The molecule has 7 nitrogen and oxygen atoms in total. The predicted molar refractivity (Wildman–Crippen MR) is 69.6 cm³/mol. The number of nitrogens with zero attached hydrogens (tertiary/aromatic N) is 1. The molecule has 1 aliphatic heterocycles. The molecule has 19 heavy (non-hydrogen) atoms. The fourth-order valence-electron chi connectivity index (χ4n) is 3.50. The third-order valence-corrected chi connectivity index (χ3v) is 7.97. The third kappa shape index (κ3) is 3.48. The molecule has 2 fully saturated rings. The molecule has 0 aromatic rings. The van der Waals surface area contributed by atoms with Gasteiger partial charge in [0.25, 0.3) is 0 Å². The summed E-state index contributed by atoms with van der Waals surface area (Å²) in [6.45, 7) is 0.731. The van der Waals surface area contributed by atoms with Crippen LogP contribution in [-0.2, 0) is 9.13 Å². The van der Waals surface area contributed by atoms with E-state index < -0.39 is 20.7 Å². The molecule has 0 amide bonds. The average molecular weight is 313 g/mol. The van der Waals surface area contributed by atoms with E-state index in [1.165, 1.54) is 11.3 Å². The lowest BCUT2D eigenvalue weighted by atomic mass is 9.74. The van der Waals surface area contributed by atoms with Crippen LogP contribution in [0, 0.1) is 5.41 Å². The van der Waals surface area contributed by atoms with Gasteiger partial charge in [0.2, 0.25) is 5.52 Å². The Bertz CT molecular complexity index is 402. The minimum Gasteiger partial charge on any atom is -0.323 e. The topological polar surface area (TPSA) is 118 Å². The highest BCUT2D eigenvalue weighted by Crippen LogP contribution is 2.63. The normalized spacial score (nSPS) is 25.3. The summed E-state index contributed by atoms with van der Waals surface area (Å²) in [6.07, 6.45) is 6.08. The average Bonchev–Trinajstić information content (AvgIpc) is 2.58. The smallest absolute Gasteiger partial charge is 0.323 e. The lowest BCUT2D eigenvalue weighted by molar-refractivity contribution is 0.178. The molecule has 0 aromatic carbocycles. The molecule has 0 unspecified atom stereocenters. The van der Waals surface area contributed by atoms with Crippen molar-refractivity contribution < 1.29 is 28.7 Å². The van der Waals surface area contributed by atoms with Gasteiger partial charge in [-0.25, -0.2) is 0 Å². The molecule has 0 bridgehead atoms. The van der Waals surface area contributed by atoms with E-state index in [1.807, 2.05) is 0 Å². The highest BCUT2D eigenvalue weighted by molar-refractivity contribution is 7.70. The second kappa shape index (κ2) is 5.23. The summed E-state index contributed by atoms with van der Waals surface area (Å²) < 4.78 is 22.8. The molecule has 2 aliphatic rings. The monoisotopic (exact) mass is 313 g/mol. The maximum absolute atomic E-state index is 11.4. The minimum atomic E-state index is -4.85. The van der Waals surface area contributed by atoms with Crippen molar-refractivity contribution in [2.45, 2.75) is 44.0 Å². The summed E-state index contributed by atoms with van der Waals surface area (Å²) in [7, 11) is -9.70. The summed E-state index contributed by atoms with van der Waals surface area (Å²) in [5.41, 5.74) is -1.97. The zero-order chi connectivity index (χ0) is 14.3. The van der Waals surface area contributed by atoms with E-state index in [9.17, 15) is 28.7 Å². The summed E-state index contributed by atoms with van der Waals surface area (Å²) >= 11 is 0. The van der Waals surface area contributed by atoms with Crippen LogP contribution in [0.2, 0.25) is 0 Å². The van der Waals surface area contributed by atoms with Gasteiger partial charge in [-0.2, -0.15) is 0 Å². The number of hydrogen-bond acceptors (Lipinski definition) is 3. The molecular formula is C10H21NO6P2. The second-order valence-corrected chi connectivity index (χ2v) is 9.55. The van der Waals surface area contributed by atoms with Crippen LogP contribution in [0.5, 0.6) is 0 Å². The molecular weight excluding hydrogens is 292 g/mol. The molecule has 2 rings (SSSR count). The first-order chi connectivity index (χ1) is 8.64. The minimum absolute atomic E-state index is 0.000833. The molecule has 1 saturated heterocycles. The van der Waals surface area contributed by atoms with Crippen LogP contribution in [-0.4, -0.2) is 43.1 Å². The molecule has 4 N–H and O–H groups in total. The molecule has 1 aliphatic carbocycles. The Morgan fingerprint density at radius 3 is 1.89 bits per heavy atom. The van der Waals surface area contributed by atoms with Gasteiger partial charge in [-0.15, -0.1) is 0 Å². The molecule has 0 aromatic heterocycles. The van der Waals surface area contributed by atoms with Gasteiger partial charge in [-0.05, 0) is 24.7 Å². The van der Waals surface area contributed by atoms with E-state index >= 15 is 0 Å². The number of hydrogen-bond donors (Lipinski definition) is 4. The molecule has 1 saturated carbocycles. The fraction of sp³-hybridized carbons (Fsp3) is 1.00. The first-order valence-electron chi connectivity index (χ1n) is 6.49. The van der Waals surface area contributed by atoms with Crippen LogP contribution in [0.25, 0.3) is 0 Å². The van der Waals surface area contributed by atoms with Gasteiger partial charge in [0, 0.05) is 13.1 Å². The van der Waals surface area contributed by atoms with Gasteiger partial charge in [-0.3, -0.25) is 14.0 Å². The van der Waals surface area contributed by atoms with Crippen LogP contribution in [0.15, 0.2) is 0 Å². The van der Waals surface area contributed by atoms with Crippen LogP contribution < -0.4 is 0 Å². The Morgan fingerprint density at radius 1 is 0.895 bits per heavy atom. The SMILES string of the molecule is O=P(O)(O)C(N1CCC2(CCCCC2)C1)P(=O)(O)O. The van der Waals surface area contributed by atoms with E-state index in [-0.39, 0.29) is 5.41 Å². The molecule has 0 radical (unpaired) electrons. The maximum Gasteiger partial charge on any atom is 0.354 e. The van der Waals surface area contributed by atoms with Crippen molar-refractivity contribution in [3.05, 3.63) is 0 Å². The van der Waals surface area contributed by atoms with E-state index in [0.717, 1.165) is 32.1 Å². The quantitative estimate of drug-likeness (QED) is 0.580. The third-order valence-electron chi connectivity index (χ3n) is 4.31. The Balaban J connectivity index is 2.17. The highest BCUT2D eigenvalue weighted by atomic mass is 31.2. The Hall–Kier alpha value is 0.260. The highest BCUT2D eigenvalue weighted by Gasteiger charge is 2.52. The zero-order valence-corrected chi connectivity index (χ0v) is 12.5. The number of rotatable bonds is 3. The Morgan fingerprint density at radius 2 is 1.42 bits per heavy atom. The summed E-state index contributed by atoms with van der Waals surface area (Å²) in [6, 6.07) is 0. The van der Waals surface area contributed by atoms with Crippen molar-refractivity contribution in [2.75, 3.05) is 13.1 Å². The predicted octanol–water partition coefficient (Wildman–Crippen LogP) is 1.28.